The summed E-state index contributed by atoms with van der Waals surface area (Å²) in [7, 11) is 0. The van der Waals surface area contributed by atoms with Gasteiger partial charge in [0.15, 0.2) is 0 Å². The van der Waals surface area contributed by atoms with Crippen LogP contribution in [0.25, 0.3) is 0 Å². The fraction of sp³-hybridized carbons (Fsp3) is 0.500. The molecule has 0 spiro atoms. The highest BCUT2D eigenvalue weighted by atomic mass is 79.9. The average molecular weight is 362 g/mol. The molecule has 1 aromatic carbocycles. The highest BCUT2D eigenvalue weighted by Crippen LogP contribution is 2.34. The first-order chi connectivity index (χ1) is 9.74. The zero-order valence-electron chi connectivity index (χ0n) is 12.1. The summed E-state index contributed by atoms with van der Waals surface area (Å²) in [6.45, 7) is 4.99. The number of hydrogen-bond donors (Lipinski definition) is 1. The van der Waals surface area contributed by atoms with E-state index in [0.29, 0.717) is 28.5 Å². The van der Waals surface area contributed by atoms with E-state index in [0.717, 1.165) is 18.9 Å². The Morgan fingerprint density at radius 2 is 2.00 bits per heavy atom. The van der Waals surface area contributed by atoms with E-state index >= 15 is 0 Å². The van der Waals surface area contributed by atoms with Crippen molar-refractivity contribution in [3.8, 4) is 0 Å². The predicted molar refractivity (Wildman–Crippen MR) is 83.3 cm³/mol. The molecule has 0 aliphatic heterocycles. The maximum atomic E-state index is 12.8. The van der Waals surface area contributed by atoms with Crippen LogP contribution in [0, 0.1) is 11.8 Å². The number of anilines is 1. The minimum absolute atomic E-state index is 0.438. The third kappa shape index (κ3) is 4.77. The maximum absolute atomic E-state index is 12.8. The predicted octanol–water partition coefficient (Wildman–Crippen LogP) is 5.87. The summed E-state index contributed by atoms with van der Waals surface area (Å²) in [5, 5.41) is 3.15. The van der Waals surface area contributed by atoms with Gasteiger partial charge >= 0.3 is 6.18 Å². The number of halogens is 4. The molecular formula is C16H19BrF3N. The van der Waals surface area contributed by atoms with Gasteiger partial charge in [0, 0.05) is 16.7 Å². The Morgan fingerprint density at radius 3 is 2.62 bits per heavy atom. The third-order valence-electron chi connectivity index (χ3n) is 3.70. The number of nitrogens with one attached hydrogen (secondary N) is 1. The van der Waals surface area contributed by atoms with Gasteiger partial charge in [-0.2, -0.15) is 13.2 Å². The minimum atomic E-state index is -4.32. The van der Waals surface area contributed by atoms with Gasteiger partial charge in [0.1, 0.15) is 0 Å². The number of alkyl halides is 3. The van der Waals surface area contributed by atoms with E-state index in [9.17, 15) is 13.2 Å². The lowest BCUT2D eigenvalue weighted by Crippen LogP contribution is -2.20. The second-order valence-electron chi connectivity index (χ2n) is 5.90. The van der Waals surface area contributed by atoms with Gasteiger partial charge in [-0.15, -0.1) is 0 Å². The van der Waals surface area contributed by atoms with Gasteiger partial charge in [-0.25, -0.2) is 0 Å². The Kier molecular flexibility index (Phi) is 5.02. The molecule has 0 radical (unpaired) electrons. The van der Waals surface area contributed by atoms with Gasteiger partial charge in [-0.1, -0.05) is 34.5 Å². The van der Waals surface area contributed by atoms with Gasteiger partial charge in [-0.05, 0) is 49.8 Å². The van der Waals surface area contributed by atoms with E-state index in [1.165, 1.54) is 11.6 Å². The fourth-order valence-electron chi connectivity index (χ4n) is 2.96. The van der Waals surface area contributed by atoms with E-state index in [-0.39, 0.29) is 0 Å². The molecule has 0 amide bonds. The molecule has 1 N–H and O–H groups in total. The van der Waals surface area contributed by atoms with Gasteiger partial charge in [0.25, 0.3) is 0 Å². The van der Waals surface area contributed by atoms with E-state index in [2.05, 4.69) is 41.2 Å². The first kappa shape index (κ1) is 16.4. The van der Waals surface area contributed by atoms with Gasteiger partial charge in [0.2, 0.25) is 0 Å². The number of benzene rings is 1. The molecule has 116 valence electrons. The monoisotopic (exact) mass is 361 g/mol. The maximum Gasteiger partial charge on any atom is 0.416 e. The quantitative estimate of drug-likeness (QED) is 0.663. The van der Waals surface area contributed by atoms with Crippen LogP contribution in [-0.4, -0.2) is 6.54 Å². The van der Waals surface area contributed by atoms with Crippen LogP contribution in [0.3, 0.4) is 0 Å². The molecule has 1 nitrogen and oxygen atoms in total. The molecule has 1 aliphatic rings. The Hall–Kier alpha value is -0.970. The van der Waals surface area contributed by atoms with Crippen LogP contribution in [0.4, 0.5) is 18.9 Å². The van der Waals surface area contributed by atoms with Crippen LogP contribution in [0.1, 0.15) is 32.3 Å². The van der Waals surface area contributed by atoms with Crippen LogP contribution < -0.4 is 5.32 Å². The molecule has 0 saturated heterocycles. The SMILES string of the molecule is CC1=CC(C)CC(CNc2cc(Br)cc(C(F)(F)F)c2)C1. The minimum Gasteiger partial charge on any atom is -0.385 e. The van der Waals surface area contributed by atoms with Crippen LogP contribution in [0.15, 0.2) is 34.3 Å². The second-order valence-corrected chi connectivity index (χ2v) is 6.82. The van der Waals surface area contributed by atoms with Crippen molar-refractivity contribution in [2.24, 2.45) is 11.8 Å². The fourth-order valence-corrected chi connectivity index (χ4v) is 3.45. The summed E-state index contributed by atoms with van der Waals surface area (Å²) in [5.74, 6) is 1.01. The van der Waals surface area contributed by atoms with Crippen molar-refractivity contribution < 1.29 is 13.2 Å². The lowest BCUT2D eigenvalue weighted by molar-refractivity contribution is -0.137. The summed E-state index contributed by atoms with van der Waals surface area (Å²) in [5.41, 5.74) is 1.25. The summed E-state index contributed by atoms with van der Waals surface area (Å²) in [6, 6.07) is 3.95. The van der Waals surface area contributed by atoms with Gasteiger partial charge < -0.3 is 5.32 Å². The molecular weight excluding hydrogens is 343 g/mol. The lowest BCUT2D eigenvalue weighted by Gasteiger charge is -2.26. The molecule has 0 saturated carbocycles. The number of allylic oxidation sites excluding steroid dienone is 2. The standard InChI is InChI=1S/C16H19BrF3N/c1-10-3-11(2)5-12(4-10)9-21-15-7-13(16(18,19)20)6-14(17)8-15/h3,6-8,10,12,21H,4-5,9H2,1-2H3. The highest BCUT2D eigenvalue weighted by molar-refractivity contribution is 9.10. The van der Waals surface area contributed by atoms with Gasteiger partial charge in [0.05, 0.1) is 5.56 Å². The van der Waals surface area contributed by atoms with Crippen LogP contribution >= 0.6 is 15.9 Å². The van der Waals surface area contributed by atoms with Crippen LogP contribution in [-0.2, 0) is 6.18 Å². The van der Waals surface area contributed by atoms with Crippen molar-refractivity contribution >= 4 is 21.6 Å². The second kappa shape index (κ2) is 6.42. The molecule has 2 atom stereocenters. The molecule has 21 heavy (non-hydrogen) atoms. The largest absolute Gasteiger partial charge is 0.416 e. The van der Waals surface area contributed by atoms with E-state index in [4.69, 9.17) is 0 Å². The van der Waals surface area contributed by atoms with Crippen molar-refractivity contribution in [1.29, 1.82) is 0 Å². The number of rotatable bonds is 3. The molecule has 2 unspecified atom stereocenters. The molecule has 1 aliphatic carbocycles. The van der Waals surface area contributed by atoms with Crippen LogP contribution in [0.2, 0.25) is 0 Å². The molecule has 1 aromatic rings. The summed E-state index contributed by atoms with van der Waals surface area (Å²) < 4.78 is 38.8. The van der Waals surface area contributed by atoms with Crippen molar-refractivity contribution in [3.63, 3.8) is 0 Å². The van der Waals surface area contributed by atoms with Crippen molar-refractivity contribution in [1.82, 2.24) is 0 Å². The van der Waals surface area contributed by atoms with Crippen molar-refractivity contribution in [3.05, 3.63) is 39.9 Å². The molecule has 5 heteroatoms. The van der Waals surface area contributed by atoms with E-state index < -0.39 is 11.7 Å². The first-order valence-electron chi connectivity index (χ1n) is 7.03. The van der Waals surface area contributed by atoms with E-state index in [1.54, 1.807) is 6.07 Å². The molecule has 0 bridgehead atoms. The molecule has 2 rings (SSSR count). The van der Waals surface area contributed by atoms with Crippen LogP contribution in [0.5, 0.6) is 0 Å². The smallest absolute Gasteiger partial charge is 0.385 e. The third-order valence-corrected chi connectivity index (χ3v) is 4.16. The molecule has 0 heterocycles. The average Bonchev–Trinajstić information content (AvgIpc) is 2.33. The Labute approximate surface area is 131 Å². The topological polar surface area (TPSA) is 12.0 Å². The Balaban J connectivity index is 2.04. The Morgan fingerprint density at radius 1 is 1.29 bits per heavy atom. The number of hydrogen-bond acceptors (Lipinski definition) is 1. The summed E-state index contributed by atoms with van der Waals surface area (Å²) in [4.78, 5) is 0. The first-order valence-corrected chi connectivity index (χ1v) is 7.82. The molecule has 0 aromatic heterocycles. The zero-order valence-corrected chi connectivity index (χ0v) is 13.7. The summed E-state index contributed by atoms with van der Waals surface area (Å²) in [6.07, 6.45) is 0.0399. The summed E-state index contributed by atoms with van der Waals surface area (Å²) >= 11 is 3.14. The zero-order chi connectivity index (χ0) is 15.6. The molecule has 0 fully saturated rings. The van der Waals surface area contributed by atoms with E-state index in [1.807, 2.05) is 0 Å². The highest BCUT2D eigenvalue weighted by Gasteiger charge is 2.31. The Bertz CT molecular complexity index is 537. The lowest BCUT2D eigenvalue weighted by atomic mass is 9.84. The normalized spacial score (nSPS) is 22.9. The van der Waals surface area contributed by atoms with Gasteiger partial charge in [-0.3, -0.25) is 0 Å². The van der Waals surface area contributed by atoms with Crippen molar-refractivity contribution in [2.75, 3.05) is 11.9 Å². The van der Waals surface area contributed by atoms with Crippen molar-refractivity contribution in [2.45, 2.75) is 32.9 Å².